The summed E-state index contributed by atoms with van der Waals surface area (Å²) in [5.41, 5.74) is 2.10. The van der Waals surface area contributed by atoms with Crippen molar-refractivity contribution in [3.8, 4) is 11.5 Å². The number of esters is 1. The van der Waals surface area contributed by atoms with Crippen LogP contribution in [0.3, 0.4) is 0 Å². The molecule has 0 spiro atoms. The van der Waals surface area contributed by atoms with Gasteiger partial charge in [0.2, 0.25) is 0 Å². The summed E-state index contributed by atoms with van der Waals surface area (Å²) in [5, 5.41) is 2.74. The second kappa shape index (κ2) is 9.10. The van der Waals surface area contributed by atoms with Gasteiger partial charge in [0.25, 0.3) is 5.91 Å². The highest BCUT2D eigenvalue weighted by Crippen LogP contribution is 2.32. The highest BCUT2D eigenvalue weighted by atomic mass is 32.1. The SMILES string of the molecule is COc1ccc(CNC(=O)COC(=O)c2cc3c(s2)CC[C@H](C)C3)cc1OC. The number of benzene rings is 1. The summed E-state index contributed by atoms with van der Waals surface area (Å²) in [7, 11) is 3.13. The van der Waals surface area contributed by atoms with E-state index >= 15 is 0 Å². The Hall–Kier alpha value is -2.54. The van der Waals surface area contributed by atoms with Crippen LogP contribution in [0.4, 0.5) is 0 Å². The lowest BCUT2D eigenvalue weighted by atomic mass is 9.90. The van der Waals surface area contributed by atoms with E-state index in [2.05, 4.69) is 12.2 Å². The Kier molecular flexibility index (Phi) is 6.57. The molecule has 150 valence electrons. The minimum atomic E-state index is -0.437. The summed E-state index contributed by atoms with van der Waals surface area (Å²) in [6.07, 6.45) is 3.17. The van der Waals surface area contributed by atoms with E-state index in [1.54, 1.807) is 26.4 Å². The molecule has 1 amide bonds. The maximum atomic E-state index is 12.3. The average Bonchev–Trinajstić information content (AvgIpc) is 3.13. The first-order valence-electron chi connectivity index (χ1n) is 9.26. The Bertz CT molecular complexity index is 860. The van der Waals surface area contributed by atoms with E-state index in [1.807, 2.05) is 12.1 Å². The quantitative estimate of drug-likeness (QED) is 0.718. The zero-order valence-electron chi connectivity index (χ0n) is 16.4. The van der Waals surface area contributed by atoms with Crippen LogP contribution in [0.5, 0.6) is 11.5 Å². The van der Waals surface area contributed by atoms with Crippen molar-refractivity contribution in [3.63, 3.8) is 0 Å². The van der Waals surface area contributed by atoms with Crippen molar-refractivity contribution in [2.45, 2.75) is 32.7 Å². The minimum Gasteiger partial charge on any atom is -0.493 e. The normalized spacial score (nSPS) is 15.5. The predicted octanol–water partition coefficient (Wildman–Crippen LogP) is 3.36. The smallest absolute Gasteiger partial charge is 0.348 e. The number of ether oxygens (including phenoxy) is 3. The summed E-state index contributed by atoms with van der Waals surface area (Å²) >= 11 is 1.48. The Morgan fingerprint density at radius 3 is 2.71 bits per heavy atom. The lowest BCUT2D eigenvalue weighted by Crippen LogP contribution is -2.28. The zero-order chi connectivity index (χ0) is 20.1. The van der Waals surface area contributed by atoms with E-state index in [1.165, 1.54) is 21.8 Å². The van der Waals surface area contributed by atoms with E-state index in [9.17, 15) is 9.59 Å². The van der Waals surface area contributed by atoms with Crippen molar-refractivity contribution in [2.24, 2.45) is 5.92 Å². The molecule has 0 aliphatic heterocycles. The van der Waals surface area contributed by atoms with Crippen LogP contribution in [0.15, 0.2) is 24.3 Å². The molecule has 1 aromatic heterocycles. The van der Waals surface area contributed by atoms with Crippen LogP contribution >= 0.6 is 11.3 Å². The molecular weight excluding hydrogens is 378 g/mol. The number of nitrogens with one attached hydrogen (secondary N) is 1. The Balaban J connectivity index is 1.48. The van der Waals surface area contributed by atoms with Crippen LogP contribution in [0.1, 0.15) is 39.0 Å². The number of thiophene rings is 1. The molecule has 1 heterocycles. The molecule has 7 heteroatoms. The molecule has 0 unspecified atom stereocenters. The Morgan fingerprint density at radius 1 is 1.18 bits per heavy atom. The third-order valence-corrected chi connectivity index (χ3v) is 6.02. The first kappa shape index (κ1) is 20.2. The highest BCUT2D eigenvalue weighted by molar-refractivity contribution is 7.14. The predicted molar refractivity (Wildman–Crippen MR) is 107 cm³/mol. The molecule has 0 saturated carbocycles. The first-order chi connectivity index (χ1) is 13.5. The summed E-state index contributed by atoms with van der Waals surface area (Å²) in [6.45, 7) is 2.23. The molecule has 1 atom stereocenters. The van der Waals surface area contributed by atoms with E-state index in [0.717, 1.165) is 24.8 Å². The van der Waals surface area contributed by atoms with Crippen LogP contribution < -0.4 is 14.8 Å². The standard InChI is InChI=1S/C21H25NO5S/c1-13-4-7-18-15(8-13)10-19(28-18)21(24)27-12-20(23)22-11-14-5-6-16(25-2)17(9-14)26-3/h5-6,9-10,13H,4,7-8,11-12H2,1-3H3,(H,22,23)/t13-/m0/s1. The van der Waals surface area contributed by atoms with Crippen molar-refractivity contribution >= 4 is 23.2 Å². The van der Waals surface area contributed by atoms with Gasteiger partial charge in [-0.05, 0) is 54.5 Å². The number of carbonyl (C=O) groups is 2. The van der Waals surface area contributed by atoms with Gasteiger partial charge in [-0.1, -0.05) is 13.0 Å². The molecule has 2 aromatic rings. The van der Waals surface area contributed by atoms with E-state index < -0.39 is 5.97 Å². The molecule has 0 saturated heterocycles. The maximum Gasteiger partial charge on any atom is 0.348 e. The zero-order valence-corrected chi connectivity index (χ0v) is 17.2. The fourth-order valence-electron chi connectivity index (χ4n) is 3.25. The van der Waals surface area contributed by atoms with Gasteiger partial charge in [-0.3, -0.25) is 4.79 Å². The molecule has 6 nitrogen and oxygen atoms in total. The van der Waals surface area contributed by atoms with Crippen LogP contribution in [-0.4, -0.2) is 32.7 Å². The lowest BCUT2D eigenvalue weighted by molar-refractivity contribution is -0.124. The molecule has 3 rings (SSSR count). The molecule has 1 N–H and O–H groups in total. The van der Waals surface area contributed by atoms with Crippen LogP contribution in [0.2, 0.25) is 0 Å². The third kappa shape index (κ3) is 4.84. The van der Waals surface area contributed by atoms with Gasteiger partial charge in [-0.25, -0.2) is 4.79 Å². The van der Waals surface area contributed by atoms with Crippen molar-refractivity contribution in [3.05, 3.63) is 45.1 Å². The molecule has 1 aliphatic carbocycles. The molecule has 0 bridgehead atoms. The molecule has 0 fully saturated rings. The summed E-state index contributed by atoms with van der Waals surface area (Å²) < 4.78 is 15.6. The van der Waals surface area contributed by atoms with Gasteiger partial charge in [0.15, 0.2) is 18.1 Å². The fraction of sp³-hybridized carbons (Fsp3) is 0.429. The van der Waals surface area contributed by atoms with Crippen molar-refractivity contribution in [1.29, 1.82) is 0 Å². The van der Waals surface area contributed by atoms with Crippen molar-refractivity contribution in [1.82, 2.24) is 5.32 Å². The van der Waals surface area contributed by atoms with Gasteiger partial charge < -0.3 is 19.5 Å². The molecule has 1 aromatic carbocycles. The minimum absolute atomic E-state index is 0.301. The van der Waals surface area contributed by atoms with Crippen LogP contribution in [-0.2, 0) is 28.9 Å². The van der Waals surface area contributed by atoms with Crippen molar-refractivity contribution in [2.75, 3.05) is 20.8 Å². The fourth-order valence-corrected chi connectivity index (χ4v) is 4.35. The number of carbonyl (C=O) groups excluding carboxylic acids is 2. The maximum absolute atomic E-state index is 12.3. The Labute approximate surface area is 168 Å². The van der Waals surface area contributed by atoms with Crippen LogP contribution in [0, 0.1) is 5.92 Å². The Morgan fingerprint density at radius 2 is 1.96 bits per heavy atom. The molecule has 1 aliphatic rings. The van der Waals surface area contributed by atoms with Gasteiger partial charge in [0, 0.05) is 11.4 Å². The molecule has 28 heavy (non-hydrogen) atoms. The number of methoxy groups -OCH3 is 2. The average molecular weight is 404 g/mol. The van der Waals surface area contributed by atoms with E-state index in [0.29, 0.717) is 28.8 Å². The summed E-state index contributed by atoms with van der Waals surface area (Å²) in [6, 6.07) is 7.33. The summed E-state index contributed by atoms with van der Waals surface area (Å²) in [5.74, 6) is 1.08. The summed E-state index contributed by atoms with van der Waals surface area (Å²) in [4.78, 5) is 26.1. The first-order valence-corrected chi connectivity index (χ1v) is 10.1. The second-order valence-electron chi connectivity index (χ2n) is 6.95. The third-order valence-electron chi connectivity index (χ3n) is 4.80. The number of hydrogen-bond donors (Lipinski definition) is 1. The van der Waals surface area contributed by atoms with Crippen LogP contribution in [0.25, 0.3) is 0 Å². The topological polar surface area (TPSA) is 73.9 Å². The van der Waals surface area contributed by atoms with Gasteiger partial charge >= 0.3 is 5.97 Å². The van der Waals surface area contributed by atoms with E-state index in [4.69, 9.17) is 14.2 Å². The number of aryl methyl sites for hydroxylation is 1. The molecular formula is C21H25NO5S. The lowest BCUT2D eigenvalue weighted by Gasteiger charge is -2.16. The highest BCUT2D eigenvalue weighted by Gasteiger charge is 2.21. The number of rotatable bonds is 7. The second-order valence-corrected chi connectivity index (χ2v) is 8.09. The number of fused-ring (bicyclic) bond motifs is 1. The monoisotopic (exact) mass is 403 g/mol. The number of hydrogen-bond acceptors (Lipinski definition) is 6. The largest absolute Gasteiger partial charge is 0.493 e. The van der Waals surface area contributed by atoms with E-state index in [-0.39, 0.29) is 12.5 Å². The molecule has 0 radical (unpaired) electrons. The van der Waals surface area contributed by atoms with Gasteiger partial charge in [0.05, 0.1) is 14.2 Å². The van der Waals surface area contributed by atoms with Gasteiger partial charge in [-0.2, -0.15) is 0 Å². The number of amides is 1. The van der Waals surface area contributed by atoms with Gasteiger partial charge in [0.1, 0.15) is 4.88 Å². The van der Waals surface area contributed by atoms with Gasteiger partial charge in [-0.15, -0.1) is 11.3 Å². The van der Waals surface area contributed by atoms with Crippen molar-refractivity contribution < 1.29 is 23.8 Å².